The second-order valence-electron chi connectivity index (χ2n) is 3.56. The van der Waals surface area contributed by atoms with Crippen molar-refractivity contribution in [3.63, 3.8) is 0 Å². The van der Waals surface area contributed by atoms with Crippen LogP contribution >= 0.6 is 0 Å². The van der Waals surface area contributed by atoms with Crippen LogP contribution in [0.15, 0.2) is 10.9 Å². The second-order valence-corrected chi connectivity index (χ2v) is 5.87. The van der Waals surface area contributed by atoms with Crippen LogP contribution in [0.4, 0.5) is 0 Å². The Kier molecular flexibility index (Phi) is 2.07. The predicted molar refractivity (Wildman–Crippen MR) is 48.1 cm³/mol. The van der Waals surface area contributed by atoms with Gasteiger partial charge < -0.3 is 10.3 Å². The van der Waals surface area contributed by atoms with Crippen molar-refractivity contribution >= 4 is 9.84 Å². The lowest BCUT2D eigenvalue weighted by Gasteiger charge is -2.29. The first kappa shape index (κ1) is 9.60. The minimum atomic E-state index is -2.91. The van der Waals surface area contributed by atoms with E-state index < -0.39 is 15.4 Å². The molecule has 1 aromatic rings. The molecule has 0 saturated carbocycles. The maximum absolute atomic E-state index is 11.2. The molecule has 14 heavy (non-hydrogen) atoms. The van der Waals surface area contributed by atoms with E-state index in [9.17, 15) is 8.42 Å². The molecule has 1 saturated heterocycles. The van der Waals surface area contributed by atoms with Gasteiger partial charge in [-0.3, -0.25) is 0 Å². The summed E-state index contributed by atoms with van der Waals surface area (Å²) < 4.78 is 27.0. The maximum Gasteiger partial charge on any atom is 0.213 e. The molecular formula is C7H11N3O3S. The van der Waals surface area contributed by atoms with E-state index in [1.54, 1.807) is 0 Å². The standard InChI is InChI=1S/C7H11N3O3S/c8-7(6-9-5-13-10-6)1-3-14(11,12)4-2-7/h5H,1-4,8H2. The number of rotatable bonds is 1. The highest BCUT2D eigenvalue weighted by atomic mass is 32.2. The van der Waals surface area contributed by atoms with Crippen LogP contribution in [-0.4, -0.2) is 30.1 Å². The van der Waals surface area contributed by atoms with E-state index >= 15 is 0 Å². The number of hydrogen-bond acceptors (Lipinski definition) is 6. The van der Waals surface area contributed by atoms with Crippen molar-refractivity contribution in [2.24, 2.45) is 5.73 Å². The van der Waals surface area contributed by atoms with Crippen molar-refractivity contribution in [3.05, 3.63) is 12.2 Å². The van der Waals surface area contributed by atoms with Gasteiger partial charge >= 0.3 is 0 Å². The number of sulfone groups is 1. The Labute approximate surface area is 81.4 Å². The fourth-order valence-electron chi connectivity index (χ4n) is 1.52. The maximum atomic E-state index is 11.2. The smallest absolute Gasteiger partial charge is 0.213 e. The summed E-state index contributed by atoms with van der Waals surface area (Å²) in [5.41, 5.74) is 5.26. The summed E-state index contributed by atoms with van der Waals surface area (Å²) in [6.07, 6.45) is 1.91. The van der Waals surface area contributed by atoms with Crippen molar-refractivity contribution in [2.45, 2.75) is 18.4 Å². The Balaban J connectivity index is 2.21. The number of hydrogen-bond donors (Lipinski definition) is 1. The minimum Gasteiger partial charge on any atom is -0.343 e. The molecule has 0 aliphatic carbocycles. The fraction of sp³-hybridized carbons (Fsp3) is 0.714. The average molecular weight is 217 g/mol. The number of aromatic nitrogens is 2. The largest absolute Gasteiger partial charge is 0.343 e. The highest BCUT2D eigenvalue weighted by molar-refractivity contribution is 7.91. The van der Waals surface area contributed by atoms with Crippen LogP contribution in [0.25, 0.3) is 0 Å². The van der Waals surface area contributed by atoms with Crippen molar-refractivity contribution in [3.8, 4) is 0 Å². The van der Waals surface area contributed by atoms with Crippen molar-refractivity contribution in [1.29, 1.82) is 0 Å². The summed E-state index contributed by atoms with van der Waals surface area (Å²) in [6.45, 7) is 0. The van der Waals surface area contributed by atoms with E-state index in [1.807, 2.05) is 0 Å². The third kappa shape index (κ3) is 1.64. The Morgan fingerprint density at radius 2 is 2.07 bits per heavy atom. The van der Waals surface area contributed by atoms with E-state index in [4.69, 9.17) is 5.73 Å². The molecule has 0 amide bonds. The normalized spacial score (nSPS) is 24.6. The molecular weight excluding hydrogens is 206 g/mol. The van der Waals surface area contributed by atoms with Gasteiger partial charge in [0.05, 0.1) is 17.0 Å². The SMILES string of the molecule is NC1(c2ncon2)CCS(=O)(=O)CC1. The quantitative estimate of drug-likeness (QED) is 0.676. The summed E-state index contributed by atoms with van der Waals surface area (Å²) in [5.74, 6) is 0.586. The highest BCUT2D eigenvalue weighted by Crippen LogP contribution is 2.28. The Bertz CT molecular complexity index is 397. The van der Waals surface area contributed by atoms with Gasteiger partial charge in [0, 0.05) is 0 Å². The van der Waals surface area contributed by atoms with Crippen molar-refractivity contribution in [2.75, 3.05) is 11.5 Å². The zero-order valence-corrected chi connectivity index (χ0v) is 8.33. The third-order valence-corrected chi connectivity index (χ3v) is 4.18. The molecule has 0 atom stereocenters. The molecule has 0 bridgehead atoms. The van der Waals surface area contributed by atoms with Crippen LogP contribution < -0.4 is 5.73 Å². The first-order valence-electron chi connectivity index (χ1n) is 4.28. The van der Waals surface area contributed by atoms with Crippen LogP contribution in [0, 0.1) is 0 Å². The van der Waals surface area contributed by atoms with Crippen LogP contribution in [0.2, 0.25) is 0 Å². The zero-order chi connectivity index (χ0) is 10.2. The van der Waals surface area contributed by atoms with Crippen molar-refractivity contribution < 1.29 is 12.9 Å². The number of nitrogens with zero attached hydrogens (tertiary/aromatic N) is 2. The fourth-order valence-corrected chi connectivity index (χ4v) is 3.07. The molecule has 1 fully saturated rings. The lowest BCUT2D eigenvalue weighted by molar-refractivity contribution is 0.340. The molecule has 0 unspecified atom stereocenters. The molecule has 2 N–H and O–H groups in total. The number of nitrogens with two attached hydrogens (primary N) is 1. The van der Waals surface area contributed by atoms with Gasteiger partial charge in [0.25, 0.3) is 0 Å². The van der Waals surface area contributed by atoms with Gasteiger partial charge in [0.1, 0.15) is 9.84 Å². The lowest BCUT2D eigenvalue weighted by atomic mass is 9.93. The van der Waals surface area contributed by atoms with Gasteiger partial charge in [-0.1, -0.05) is 5.16 Å². The van der Waals surface area contributed by atoms with Gasteiger partial charge in [0.15, 0.2) is 5.82 Å². The minimum absolute atomic E-state index is 0.0953. The van der Waals surface area contributed by atoms with Crippen molar-refractivity contribution in [1.82, 2.24) is 10.1 Å². The molecule has 1 aromatic heterocycles. The lowest BCUT2D eigenvalue weighted by Crippen LogP contribution is -2.45. The average Bonchev–Trinajstić information content (AvgIpc) is 2.64. The first-order valence-corrected chi connectivity index (χ1v) is 6.10. The van der Waals surface area contributed by atoms with E-state index in [0.29, 0.717) is 18.7 Å². The topological polar surface area (TPSA) is 99.1 Å². The molecule has 78 valence electrons. The Morgan fingerprint density at radius 1 is 1.43 bits per heavy atom. The molecule has 1 aliphatic rings. The van der Waals surface area contributed by atoms with Gasteiger partial charge in [0.2, 0.25) is 6.39 Å². The van der Waals surface area contributed by atoms with Gasteiger partial charge in [-0.05, 0) is 12.8 Å². The predicted octanol–water partition coefficient (Wildman–Crippen LogP) is -0.568. The molecule has 0 spiro atoms. The van der Waals surface area contributed by atoms with Gasteiger partial charge in [-0.2, -0.15) is 4.98 Å². The molecule has 0 aromatic carbocycles. The van der Waals surface area contributed by atoms with Crippen LogP contribution in [0.5, 0.6) is 0 Å². The monoisotopic (exact) mass is 217 g/mol. The molecule has 0 radical (unpaired) electrons. The van der Waals surface area contributed by atoms with Crippen LogP contribution in [0.3, 0.4) is 0 Å². The second kappa shape index (κ2) is 3.03. The highest BCUT2D eigenvalue weighted by Gasteiger charge is 2.38. The van der Waals surface area contributed by atoms with E-state index in [-0.39, 0.29) is 11.5 Å². The Morgan fingerprint density at radius 3 is 2.57 bits per heavy atom. The summed E-state index contributed by atoms with van der Waals surface area (Å²) in [7, 11) is -2.91. The van der Waals surface area contributed by atoms with E-state index in [0.717, 1.165) is 0 Å². The molecule has 2 rings (SSSR count). The van der Waals surface area contributed by atoms with Crippen LogP contribution in [-0.2, 0) is 15.4 Å². The van der Waals surface area contributed by atoms with E-state index in [2.05, 4.69) is 14.7 Å². The van der Waals surface area contributed by atoms with Gasteiger partial charge in [-0.15, -0.1) is 0 Å². The van der Waals surface area contributed by atoms with Gasteiger partial charge in [-0.25, -0.2) is 8.42 Å². The Hall–Kier alpha value is -0.950. The summed E-state index contributed by atoms with van der Waals surface area (Å²) >= 11 is 0. The molecule has 1 aliphatic heterocycles. The summed E-state index contributed by atoms with van der Waals surface area (Å²) in [4.78, 5) is 3.86. The third-order valence-electron chi connectivity index (χ3n) is 2.52. The summed E-state index contributed by atoms with van der Waals surface area (Å²) in [6, 6.07) is 0. The van der Waals surface area contributed by atoms with E-state index in [1.165, 1.54) is 6.39 Å². The summed E-state index contributed by atoms with van der Waals surface area (Å²) in [5, 5.41) is 3.65. The first-order chi connectivity index (χ1) is 6.52. The molecule has 7 heteroatoms. The zero-order valence-electron chi connectivity index (χ0n) is 7.51. The molecule has 6 nitrogen and oxygen atoms in total. The van der Waals surface area contributed by atoms with Crippen LogP contribution in [0.1, 0.15) is 18.7 Å². The molecule has 2 heterocycles.